The van der Waals surface area contributed by atoms with E-state index in [0.29, 0.717) is 12.6 Å². The molecule has 1 aliphatic heterocycles. The maximum Gasteiger partial charge on any atom is 0.285 e. The molecule has 1 atom stereocenters. The monoisotopic (exact) mass is 231 g/mol. The molecule has 17 heavy (non-hydrogen) atoms. The number of ether oxygens (including phenoxy) is 1. The minimum absolute atomic E-state index is 0.260. The fraction of sp³-hybridized carbons (Fsp3) is 0.538. The molecule has 0 aromatic carbocycles. The predicted octanol–water partition coefficient (Wildman–Crippen LogP) is 1.74. The number of amidine groups is 1. The topological polar surface area (TPSA) is 46.5 Å². The zero-order valence-electron chi connectivity index (χ0n) is 10.1. The molecule has 0 bridgehead atoms. The Bertz CT molecular complexity index is 456. The van der Waals surface area contributed by atoms with Crippen molar-refractivity contribution in [2.24, 2.45) is 4.99 Å². The van der Waals surface area contributed by atoms with Gasteiger partial charge in [0.25, 0.3) is 6.02 Å². The molecule has 2 heterocycles. The highest BCUT2D eigenvalue weighted by Crippen LogP contribution is 2.29. The summed E-state index contributed by atoms with van der Waals surface area (Å²) < 4.78 is 5.41. The zero-order chi connectivity index (χ0) is 11.7. The summed E-state index contributed by atoms with van der Waals surface area (Å²) >= 11 is 0. The smallest absolute Gasteiger partial charge is 0.285 e. The van der Waals surface area contributed by atoms with Gasteiger partial charge in [0.2, 0.25) is 0 Å². The van der Waals surface area contributed by atoms with Gasteiger partial charge in [0.15, 0.2) is 0 Å². The standard InChI is InChI=1S/C13H17N3O/c1-9-5-6-14-12-10(9)3-2-4-11(12)16-13-15-7-8-17-13/h5-6,11H,2-4,7-8H2,1H3,(H,15,16). The average molecular weight is 231 g/mol. The lowest BCUT2D eigenvalue weighted by molar-refractivity contribution is 0.320. The van der Waals surface area contributed by atoms with Crippen LogP contribution in [0.5, 0.6) is 0 Å². The Labute approximate surface area is 101 Å². The van der Waals surface area contributed by atoms with Crippen molar-refractivity contribution in [2.75, 3.05) is 13.2 Å². The van der Waals surface area contributed by atoms with Gasteiger partial charge in [0.1, 0.15) is 6.61 Å². The minimum Gasteiger partial charge on any atom is -0.463 e. The minimum atomic E-state index is 0.260. The molecule has 0 saturated carbocycles. The first-order chi connectivity index (χ1) is 8.34. The molecule has 1 unspecified atom stereocenters. The molecule has 1 N–H and O–H groups in total. The van der Waals surface area contributed by atoms with E-state index in [2.05, 4.69) is 28.3 Å². The van der Waals surface area contributed by atoms with Crippen molar-refractivity contribution in [3.63, 3.8) is 0 Å². The molecule has 1 aromatic heterocycles. The van der Waals surface area contributed by atoms with Crippen LogP contribution in [0.15, 0.2) is 17.3 Å². The Hall–Kier alpha value is -1.58. The predicted molar refractivity (Wildman–Crippen MR) is 66.0 cm³/mol. The van der Waals surface area contributed by atoms with Crippen molar-refractivity contribution in [3.8, 4) is 0 Å². The number of hydrogen-bond donors (Lipinski definition) is 1. The molecule has 1 aliphatic carbocycles. The molecule has 4 heteroatoms. The summed E-state index contributed by atoms with van der Waals surface area (Å²) in [7, 11) is 0. The van der Waals surface area contributed by atoms with Crippen LogP contribution in [0.1, 0.15) is 35.7 Å². The van der Waals surface area contributed by atoms with Gasteiger partial charge in [-0.15, -0.1) is 0 Å². The van der Waals surface area contributed by atoms with Crippen LogP contribution >= 0.6 is 0 Å². The zero-order valence-corrected chi connectivity index (χ0v) is 10.1. The van der Waals surface area contributed by atoms with Crippen LogP contribution in [0.3, 0.4) is 0 Å². The summed E-state index contributed by atoms with van der Waals surface area (Å²) in [6.07, 6.45) is 5.34. The quantitative estimate of drug-likeness (QED) is 0.801. The van der Waals surface area contributed by atoms with Crippen LogP contribution < -0.4 is 5.32 Å². The van der Waals surface area contributed by atoms with E-state index in [0.717, 1.165) is 19.4 Å². The number of nitrogens with zero attached hydrogens (tertiary/aromatic N) is 2. The van der Waals surface area contributed by atoms with E-state index in [4.69, 9.17) is 4.74 Å². The highest BCUT2D eigenvalue weighted by molar-refractivity contribution is 5.75. The number of aliphatic imine (C=N–C) groups is 1. The molecular weight excluding hydrogens is 214 g/mol. The number of fused-ring (bicyclic) bond motifs is 1. The second kappa shape index (κ2) is 4.35. The maximum absolute atomic E-state index is 5.41. The van der Waals surface area contributed by atoms with Gasteiger partial charge in [-0.2, -0.15) is 0 Å². The number of hydrogen-bond acceptors (Lipinski definition) is 4. The third kappa shape index (κ3) is 1.99. The third-order valence-corrected chi connectivity index (χ3v) is 3.46. The number of aryl methyl sites for hydroxylation is 1. The number of pyridine rings is 1. The summed E-state index contributed by atoms with van der Waals surface area (Å²) in [4.78, 5) is 8.81. The molecule has 90 valence electrons. The molecule has 0 saturated heterocycles. The van der Waals surface area contributed by atoms with Gasteiger partial charge >= 0.3 is 0 Å². The highest BCUT2D eigenvalue weighted by Gasteiger charge is 2.24. The van der Waals surface area contributed by atoms with E-state index in [1.165, 1.54) is 23.2 Å². The largest absolute Gasteiger partial charge is 0.463 e. The molecule has 3 rings (SSSR count). The fourth-order valence-electron chi connectivity index (χ4n) is 2.57. The van der Waals surface area contributed by atoms with Gasteiger partial charge in [0, 0.05) is 6.20 Å². The first kappa shape index (κ1) is 10.6. The van der Waals surface area contributed by atoms with Crippen molar-refractivity contribution in [1.82, 2.24) is 10.3 Å². The van der Waals surface area contributed by atoms with Crippen molar-refractivity contribution >= 4 is 6.02 Å². The Kier molecular flexibility index (Phi) is 2.71. The first-order valence-electron chi connectivity index (χ1n) is 6.23. The van der Waals surface area contributed by atoms with Crippen LogP contribution in [0, 0.1) is 6.92 Å². The molecule has 1 aromatic rings. The summed E-state index contributed by atoms with van der Waals surface area (Å²) in [6.45, 7) is 3.62. The van der Waals surface area contributed by atoms with Crippen molar-refractivity contribution in [1.29, 1.82) is 0 Å². The van der Waals surface area contributed by atoms with Gasteiger partial charge in [-0.05, 0) is 43.4 Å². The van der Waals surface area contributed by atoms with Crippen LogP contribution in [-0.4, -0.2) is 24.2 Å². The van der Waals surface area contributed by atoms with Crippen LogP contribution in [0.4, 0.5) is 0 Å². The molecule has 4 nitrogen and oxygen atoms in total. The summed E-state index contributed by atoms with van der Waals surface area (Å²) in [5, 5.41) is 3.37. The van der Waals surface area contributed by atoms with Gasteiger partial charge in [0.05, 0.1) is 18.3 Å². The maximum atomic E-state index is 5.41. The van der Waals surface area contributed by atoms with Gasteiger partial charge in [-0.3, -0.25) is 4.98 Å². The number of rotatable bonds is 1. The summed E-state index contributed by atoms with van der Waals surface area (Å²) in [5.74, 6) is 0. The van der Waals surface area contributed by atoms with Crippen LogP contribution in [-0.2, 0) is 11.2 Å². The third-order valence-electron chi connectivity index (χ3n) is 3.46. The summed E-state index contributed by atoms with van der Waals surface area (Å²) in [6, 6.07) is 3.03. The second-order valence-electron chi connectivity index (χ2n) is 4.62. The van der Waals surface area contributed by atoms with E-state index < -0.39 is 0 Å². The van der Waals surface area contributed by atoms with Crippen molar-refractivity contribution < 1.29 is 4.74 Å². The van der Waals surface area contributed by atoms with Crippen molar-refractivity contribution in [3.05, 3.63) is 29.1 Å². The Balaban J connectivity index is 1.86. The molecule has 0 fully saturated rings. The SMILES string of the molecule is Cc1ccnc2c1CCCC2NC1=NCCO1. The second-order valence-corrected chi connectivity index (χ2v) is 4.62. The number of aromatic nitrogens is 1. The van der Waals surface area contributed by atoms with Crippen molar-refractivity contribution in [2.45, 2.75) is 32.2 Å². The molecule has 0 spiro atoms. The lowest BCUT2D eigenvalue weighted by Gasteiger charge is -2.26. The molecular formula is C13H17N3O. The first-order valence-corrected chi connectivity index (χ1v) is 6.23. The number of nitrogens with one attached hydrogen (secondary N) is 1. The van der Waals surface area contributed by atoms with E-state index in [1.807, 2.05) is 6.20 Å². The van der Waals surface area contributed by atoms with E-state index in [1.54, 1.807) is 0 Å². The summed E-state index contributed by atoms with van der Waals surface area (Å²) in [5.41, 5.74) is 3.92. The van der Waals surface area contributed by atoms with E-state index in [-0.39, 0.29) is 6.04 Å². The van der Waals surface area contributed by atoms with Gasteiger partial charge < -0.3 is 10.1 Å². The average Bonchev–Trinajstić information content (AvgIpc) is 2.83. The Morgan fingerprint density at radius 3 is 3.24 bits per heavy atom. The lowest BCUT2D eigenvalue weighted by atomic mass is 9.89. The van der Waals surface area contributed by atoms with Crippen LogP contribution in [0.2, 0.25) is 0 Å². The van der Waals surface area contributed by atoms with Gasteiger partial charge in [-0.25, -0.2) is 4.99 Å². The van der Waals surface area contributed by atoms with Gasteiger partial charge in [-0.1, -0.05) is 0 Å². The Morgan fingerprint density at radius 1 is 1.47 bits per heavy atom. The fourth-order valence-corrected chi connectivity index (χ4v) is 2.57. The molecule has 0 amide bonds. The molecule has 2 aliphatic rings. The lowest BCUT2D eigenvalue weighted by Crippen LogP contribution is -2.32. The van der Waals surface area contributed by atoms with E-state index in [9.17, 15) is 0 Å². The normalized spacial score (nSPS) is 22.6. The van der Waals surface area contributed by atoms with Crippen LogP contribution in [0.25, 0.3) is 0 Å². The molecule has 0 radical (unpaired) electrons. The highest BCUT2D eigenvalue weighted by atomic mass is 16.5. The Morgan fingerprint density at radius 2 is 2.41 bits per heavy atom. The van der Waals surface area contributed by atoms with E-state index >= 15 is 0 Å².